The van der Waals surface area contributed by atoms with Gasteiger partial charge in [0.15, 0.2) is 9.84 Å². The van der Waals surface area contributed by atoms with Crippen molar-refractivity contribution in [3.05, 3.63) is 83.8 Å². The van der Waals surface area contributed by atoms with Crippen LogP contribution in [-0.4, -0.2) is 21.0 Å². The number of carbonyl (C=O) groups is 1. The van der Waals surface area contributed by atoms with Crippen molar-refractivity contribution in [1.29, 1.82) is 0 Å². The van der Waals surface area contributed by atoms with Crippen LogP contribution in [0, 0.1) is 13.8 Å². The first-order valence-corrected chi connectivity index (χ1v) is 10.4. The summed E-state index contributed by atoms with van der Waals surface area (Å²) in [7, 11) is -3.78. The van der Waals surface area contributed by atoms with E-state index in [0.717, 1.165) is 5.56 Å². The molecule has 146 valence electrons. The average molecular weight is 398 g/mol. The highest BCUT2D eigenvalue weighted by atomic mass is 32.2. The largest absolute Gasteiger partial charge is 0.468 e. The van der Waals surface area contributed by atoms with Crippen molar-refractivity contribution in [2.24, 2.45) is 0 Å². The number of carbonyl (C=O) groups excluding carboxylic acids is 1. The van der Waals surface area contributed by atoms with Crippen LogP contribution in [0.2, 0.25) is 0 Å². The van der Waals surface area contributed by atoms with Gasteiger partial charge >= 0.3 is 6.03 Å². The monoisotopic (exact) mass is 398 g/mol. The van der Waals surface area contributed by atoms with Gasteiger partial charge in [0.05, 0.1) is 11.2 Å². The second kappa shape index (κ2) is 8.31. The maximum Gasteiger partial charge on any atom is 0.319 e. The lowest BCUT2D eigenvalue weighted by molar-refractivity contribution is 0.252. The van der Waals surface area contributed by atoms with Crippen LogP contribution < -0.4 is 10.6 Å². The lowest BCUT2D eigenvalue weighted by Gasteiger charge is -2.18. The molecule has 0 aliphatic rings. The van der Waals surface area contributed by atoms with E-state index in [-0.39, 0.29) is 17.2 Å². The summed E-state index contributed by atoms with van der Waals surface area (Å²) in [4.78, 5) is 12.5. The average Bonchev–Trinajstić information content (AvgIpc) is 3.18. The smallest absolute Gasteiger partial charge is 0.319 e. The molecule has 0 radical (unpaired) electrons. The highest BCUT2D eigenvalue weighted by Crippen LogP contribution is 2.31. The standard InChI is InChI=1S/C21H22N2O4S/c1-15-10-11-16(2)19(13-15)28(25,26)20(18-9-6-12-27-18)14-22-21(24)23-17-7-4-3-5-8-17/h3-13,20H,14H2,1-2H3,(H2,22,23,24)/t20-/m0/s1. The van der Waals surface area contributed by atoms with Crippen molar-refractivity contribution < 1.29 is 17.6 Å². The fraction of sp³-hybridized carbons (Fsp3) is 0.190. The molecule has 1 atom stereocenters. The van der Waals surface area contributed by atoms with Gasteiger partial charge in [-0.25, -0.2) is 13.2 Å². The Morgan fingerprint density at radius 3 is 2.46 bits per heavy atom. The minimum absolute atomic E-state index is 0.123. The topological polar surface area (TPSA) is 88.4 Å². The van der Waals surface area contributed by atoms with E-state index >= 15 is 0 Å². The van der Waals surface area contributed by atoms with Crippen LogP contribution in [0.25, 0.3) is 0 Å². The van der Waals surface area contributed by atoms with E-state index in [2.05, 4.69) is 10.6 Å². The highest BCUT2D eigenvalue weighted by molar-refractivity contribution is 7.91. The number of aryl methyl sites for hydroxylation is 2. The van der Waals surface area contributed by atoms with Gasteiger partial charge in [0, 0.05) is 12.2 Å². The molecule has 2 amide bonds. The summed E-state index contributed by atoms with van der Waals surface area (Å²) in [5, 5.41) is 4.28. The van der Waals surface area contributed by atoms with Crippen molar-refractivity contribution in [2.45, 2.75) is 24.0 Å². The molecule has 0 aliphatic carbocycles. The SMILES string of the molecule is Cc1ccc(C)c(S(=O)(=O)[C@@H](CNC(=O)Nc2ccccc2)c2ccco2)c1. The van der Waals surface area contributed by atoms with Crippen LogP contribution in [0.4, 0.5) is 10.5 Å². The predicted molar refractivity (Wildman–Crippen MR) is 108 cm³/mol. The summed E-state index contributed by atoms with van der Waals surface area (Å²) < 4.78 is 32.1. The number of urea groups is 1. The number of hydrogen-bond acceptors (Lipinski definition) is 4. The Morgan fingerprint density at radius 2 is 1.79 bits per heavy atom. The van der Waals surface area contributed by atoms with Crippen LogP contribution in [0.1, 0.15) is 22.1 Å². The van der Waals surface area contributed by atoms with Gasteiger partial charge in [-0.15, -0.1) is 0 Å². The molecule has 6 nitrogen and oxygen atoms in total. The molecule has 0 spiro atoms. The molecule has 0 fully saturated rings. The Kier molecular flexibility index (Phi) is 5.84. The number of anilines is 1. The maximum absolute atomic E-state index is 13.3. The maximum atomic E-state index is 13.3. The molecule has 2 N–H and O–H groups in total. The number of furan rings is 1. The predicted octanol–water partition coefficient (Wildman–Crippen LogP) is 4.23. The third kappa shape index (κ3) is 4.43. The molecule has 0 saturated heterocycles. The highest BCUT2D eigenvalue weighted by Gasteiger charge is 2.33. The van der Waals surface area contributed by atoms with Gasteiger partial charge in [-0.1, -0.05) is 30.3 Å². The molecule has 7 heteroatoms. The van der Waals surface area contributed by atoms with Gasteiger partial charge in [0.1, 0.15) is 11.0 Å². The van der Waals surface area contributed by atoms with Crippen molar-refractivity contribution >= 4 is 21.6 Å². The van der Waals surface area contributed by atoms with Crippen molar-refractivity contribution in [3.8, 4) is 0 Å². The van der Waals surface area contributed by atoms with Crippen molar-refractivity contribution in [2.75, 3.05) is 11.9 Å². The first-order valence-electron chi connectivity index (χ1n) is 8.82. The molecule has 0 saturated carbocycles. The molecule has 1 aromatic heterocycles. The number of sulfone groups is 1. The molecule has 0 unspecified atom stereocenters. The summed E-state index contributed by atoms with van der Waals surface area (Å²) in [6, 6.07) is 17.0. The molecular formula is C21H22N2O4S. The van der Waals surface area contributed by atoms with E-state index in [1.54, 1.807) is 55.5 Å². The summed E-state index contributed by atoms with van der Waals surface area (Å²) in [6.45, 7) is 3.47. The first-order chi connectivity index (χ1) is 13.4. The normalized spacial score (nSPS) is 12.4. The second-order valence-electron chi connectivity index (χ2n) is 6.52. The van der Waals surface area contributed by atoms with E-state index in [4.69, 9.17) is 4.42 Å². The molecule has 2 aromatic carbocycles. The minimum Gasteiger partial charge on any atom is -0.468 e. The Morgan fingerprint density at radius 1 is 1.04 bits per heavy atom. The minimum atomic E-state index is -3.78. The second-order valence-corrected chi connectivity index (χ2v) is 8.62. The van der Waals surface area contributed by atoms with E-state index in [1.165, 1.54) is 6.26 Å². The molecule has 3 aromatic rings. The van der Waals surface area contributed by atoms with Crippen molar-refractivity contribution in [3.63, 3.8) is 0 Å². The molecule has 0 bridgehead atoms. The van der Waals surface area contributed by atoms with Gasteiger partial charge in [-0.05, 0) is 55.3 Å². The lowest BCUT2D eigenvalue weighted by atomic mass is 10.2. The zero-order chi connectivity index (χ0) is 20.1. The lowest BCUT2D eigenvalue weighted by Crippen LogP contribution is -2.34. The Balaban J connectivity index is 1.84. The Bertz CT molecular complexity index is 1050. The summed E-state index contributed by atoms with van der Waals surface area (Å²) in [5.41, 5.74) is 2.11. The molecule has 0 aliphatic heterocycles. The zero-order valence-corrected chi connectivity index (χ0v) is 16.5. The molecule has 3 rings (SSSR count). The fourth-order valence-electron chi connectivity index (χ4n) is 2.89. The first kappa shape index (κ1) is 19.7. The van der Waals surface area contributed by atoms with Crippen molar-refractivity contribution in [1.82, 2.24) is 5.32 Å². The number of amides is 2. The summed E-state index contributed by atoms with van der Waals surface area (Å²) in [5.74, 6) is 0.279. The van der Waals surface area contributed by atoms with Crippen LogP contribution in [0.3, 0.4) is 0 Å². The Labute approximate surface area is 164 Å². The van der Waals surface area contributed by atoms with E-state index in [9.17, 15) is 13.2 Å². The Hall–Kier alpha value is -3.06. The third-order valence-electron chi connectivity index (χ3n) is 4.36. The van der Waals surface area contributed by atoms with Gasteiger partial charge in [0.25, 0.3) is 0 Å². The summed E-state index contributed by atoms with van der Waals surface area (Å²) in [6.07, 6.45) is 1.42. The quantitative estimate of drug-likeness (QED) is 0.650. The number of hydrogen-bond donors (Lipinski definition) is 2. The van der Waals surface area contributed by atoms with Crippen LogP contribution in [-0.2, 0) is 9.84 Å². The van der Waals surface area contributed by atoms with Crippen LogP contribution >= 0.6 is 0 Å². The van der Waals surface area contributed by atoms with Gasteiger partial charge in [-0.2, -0.15) is 0 Å². The zero-order valence-electron chi connectivity index (χ0n) is 15.7. The number of rotatable bonds is 6. The molecular weight excluding hydrogens is 376 g/mol. The van der Waals surface area contributed by atoms with Gasteiger partial charge < -0.3 is 15.1 Å². The third-order valence-corrected chi connectivity index (χ3v) is 6.57. The van der Waals surface area contributed by atoms with E-state index < -0.39 is 21.1 Å². The fourth-order valence-corrected chi connectivity index (χ4v) is 4.80. The number of para-hydroxylation sites is 1. The van der Waals surface area contributed by atoms with Crippen LogP contribution in [0.15, 0.2) is 76.2 Å². The van der Waals surface area contributed by atoms with Gasteiger partial charge in [-0.3, -0.25) is 0 Å². The molecule has 1 heterocycles. The van der Waals surface area contributed by atoms with E-state index in [0.29, 0.717) is 11.3 Å². The van der Waals surface area contributed by atoms with Crippen LogP contribution in [0.5, 0.6) is 0 Å². The van der Waals surface area contributed by atoms with E-state index in [1.807, 2.05) is 19.1 Å². The summed E-state index contributed by atoms with van der Waals surface area (Å²) >= 11 is 0. The molecule has 28 heavy (non-hydrogen) atoms. The number of nitrogens with one attached hydrogen (secondary N) is 2. The van der Waals surface area contributed by atoms with Gasteiger partial charge in [0.2, 0.25) is 0 Å². The number of benzene rings is 2.